The van der Waals surface area contributed by atoms with Gasteiger partial charge < -0.3 is 15.0 Å². The van der Waals surface area contributed by atoms with Crippen LogP contribution in [0.3, 0.4) is 0 Å². The summed E-state index contributed by atoms with van der Waals surface area (Å²) in [6, 6.07) is 7.99. The molecule has 1 saturated heterocycles. The molecule has 0 aliphatic carbocycles. The van der Waals surface area contributed by atoms with Crippen LogP contribution in [0.5, 0.6) is 0 Å². The Kier molecular flexibility index (Phi) is 5.10. The lowest BCUT2D eigenvalue weighted by atomic mass is 10.1. The Morgan fingerprint density at radius 1 is 1.25 bits per heavy atom. The molecule has 0 spiro atoms. The molecular weight excluding hydrogens is 306 g/mol. The third-order valence-corrected chi connectivity index (χ3v) is 4.05. The van der Waals surface area contributed by atoms with E-state index in [1.165, 1.54) is 6.33 Å². The van der Waals surface area contributed by atoms with E-state index in [4.69, 9.17) is 4.74 Å². The topological polar surface area (TPSA) is 72.3 Å². The molecule has 1 aromatic heterocycles. The molecule has 7 heteroatoms. The summed E-state index contributed by atoms with van der Waals surface area (Å²) >= 11 is 0. The van der Waals surface area contributed by atoms with Gasteiger partial charge in [-0.1, -0.05) is 24.3 Å². The van der Waals surface area contributed by atoms with Gasteiger partial charge in [-0.2, -0.15) is 5.10 Å². The predicted octanol–water partition coefficient (Wildman–Crippen LogP) is 1.65. The number of hydrogen-bond acceptors (Lipinski definition) is 4. The molecule has 2 heterocycles. The monoisotopic (exact) mass is 329 g/mol. The van der Waals surface area contributed by atoms with E-state index in [2.05, 4.69) is 15.4 Å². The second kappa shape index (κ2) is 7.44. The van der Waals surface area contributed by atoms with E-state index < -0.39 is 0 Å². The minimum Gasteiger partial charge on any atom is -0.372 e. The molecule has 128 valence electrons. The Hall–Kier alpha value is -2.41. The minimum absolute atomic E-state index is 0.0486. The van der Waals surface area contributed by atoms with Crippen molar-refractivity contribution in [1.82, 2.24) is 25.0 Å². The van der Waals surface area contributed by atoms with Crippen LogP contribution >= 0.6 is 0 Å². The summed E-state index contributed by atoms with van der Waals surface area (Å²) in [4.78, 5) is 18.2. The number of carbonyl (C=O) groups excluding carboxylic acids is 1. The van der Waals surface area contributed by atoms with Crippen LogP contribution in [-0.4, -0.2) is 51.0 Å². The second-order valence-electron chi connectivity index (χ2n) is 6.18. The van der Waals surface area contributed by atoms with Crippen LogP contribution in [0, 0.1) is 0 Å². The van der Waals surface area contributed by atoms with Crippen LogP contribution in [0.4, 0.5) is 4.79 Å². The summed E-state index contributed by atoms with van der Waals surface area (Å²) in [6.07, 6.45) is 3.34. The van der Waals surface area contributed by atoms with E-state index in [1.54, 1.807) is 11.0 Å². The van der Waals surface area contributed by atoms with Crippen LogP contribution < -0.4 is 5.32 Å². The van der Waals surface area contributed by atoms with Crippen molar-refractivity contribution in [3.05, 3.63) is 48.0 Å². The number of nitrogens with one attached hydrogen (secondary N) is 1. The molecule has 0 bridgehead atoms. The molecule has 0 saturated carbocycles. The highest BCUT2D eigenvalue weighted by molar-refractivity contribution is 5.74. The number of amides is 2. The highest BCUT2D eigenvalue weighted by atomic mass is 16.5. The Morgan fingerprint density at radius 2 is 1.96 bits per heavy atom. The fourth-order valence-electron chi connectivity index (χ4n) is 3.00. The molecule has 24 heavy (non-hydrogen) atoms. The molecular formula is C17H23N5O2. The maximum absolute atomic E-state index is 12.4. The van der Waals surface area contributed by atoms with Gasteiger partial charge in [0.2, 0.25) is 0 Å². The highest BCUT2D eigenvalue weighted by Crippen LogP contribution is 2.12. The number of rotatable bonds is 4. The van der Waals surface area contributed by atoms with Crippen molar-refractivity contribution in [2.45, 2.75) is 39.1 Å². The Bertz CT molecular complexity index is 663. The number of morpholine rings is 1. The summed E-state index contributed by atoms with van der Waals surface area (Å²) < 4.78 is 7.44. The molecule has 1 fully saturated rings. The molecule has 3 rings (SSSR count). The first-order valence-corrected chi connectivity index (χ1v) is 8.19. The van der Waals surface area contributed by atoms with Crippen molar-refractivity contribution in [3.8, 4) is 0 Å². The normalized spacial score (nSPS) is 20.8. The number of ether oxygens (including phenoxy) is 1. The predicted molar refractivity (Wildman–Crippen MR) is 89.4 cm³/mol. The standard InChI is InChI=1S/C17H23N5O2/c1-13-8-21(9-14(2)24-13)17(23)19-7-15-5-3-4-6-16(15)10-22-12-18-11-20-22/h3-6,11-14H,7-10H2,1-2H3,(H,19,23)/t13-,14-/m1/s1. The summed E-state index contributed by atoms with van der Waals surface area (Å²) in [7, 11) is 0. The van der Waals surface area contributed by atoms with E-state index in [0.29, 0.717) is 26.2 Å². The zero-order valence-electron chi connectivity index (χ0n) is 14.1. The van der Waals surface area contributed by atoms with Gasteiger partial charge in [0.05, 0.1) is 18.8 Å². The summed E-state index contributed by atoms with van der Waals surface area (Å²) in [5, 5.41) is 7.15. The van der Waals surface area contributed by atoms with Crippen LogP contribution in [0.1, 0.15) is 25.0 Å². The first-order chi connectivity index (χ1) is 11.6. The number of aromatic nitrogens is 3. The molecule has 7 nitrogen and oxygen atoms in total. The van der Waals surface area contributed by atoms with Crippen LogP contribution in [-0.2, 0) is 17.8 Å². The van der Waals surface area contributed by atoms with Crippen molar-refractivity contribution in [2.24, 2.45) is 0 Å². The second-order valence-corrected chi connectivity index (χ2v) is 6.18. The average Bonchev–Trinajstić information content (AvgIpc) is 3.06. The molecule has 1 aliphatic heterocycles. The van der Waals surface area contributed by atoms with Crippen molar-refractivity contribution in [3.63, 3.8) is 0 Å². The molecule has 1 aromatic carbocycles. The van der Waals surface area contributed by atoms with Gasteiger partial charge in [-0.15, -0.1) is 0 Å². The molecule has 2 atom stereocenters. The molecule has 1 N–H and O–H groups in total. The van der Waals surface area contributed by atoms with E-state index in [1.807, 2.05) is 43.0 Å². The van der Waals surface area contributed by atoms with E-state index >= 15 is 0 Å². The number of hydrogen-bond donors (Lipinski definition) is 1. The van der Waals surface area contributed by atoms with Gasteiger partial charge >= 0.3 is 6.03 Å². The van der Waals surface area contributed by atoms with E-state index in [0.717, 1.165) is 11.1 Å². The van der Waals surface area contributed by atoms with Crippen molar-refractivity contribution in [1.29, 1.82) is 0 Å². The molecule has 2 aromatic rings. The van der Waals surface area contributed by atoms with Gasteiger partial charge in [-0.05, 0) is 25.0 Å². The highest BCUT2D eigenvalue weighted by Gasteiger charge is 2.25. The first kappa shape index (κ1) is 16.4. The fourth-order valence-corrected chi connectivity index (χ4v) is 3.00. The minimum atomic E-state index is -0.0486. The summed E-state index contributed by atoms with van der Waals surface area (Å²) in [5.41, 5.74) is 2.20. The van der Waals surface area contributed by atoms with Crippen LogP contribution in [0.2, 0.25) is 0 Å². The van der Waals surface area contributed by atoms with Crippen LogP contribution in [0.15, 0.2) is 36.9 Å². The zero-order chi connectivity index (χ0) is 16.9. The van der Waals surface area contributed by atoms with Gasteiger partial charge in [-0.3, -0.25) is 0 Å². The Labute approximate surface area is 141 Å². The van der Waals surface area contributed by atoms with Crippen molar-refractivity contribution in [2.75, 3.05) is 13.1 Å². The molecule has 1 aliphatic rings. The quantitative estimate of drug-likeness (QED) is 0.926. The van der Waals surface area contributed by atoms with Gasteiger partial charge in [0.15, 0.2) is 0 Å². The van der Waals surface area contributed by atoms with Gasteiger partial charge in [-0.25, -0.2) is 14.5 Å². The van der Waals surface area contributed by atoms with Crippen molar-refractivity contribution >= 4 is 6.03 Å². The fraction of sp³-hybridized carbons (Fsp3) is 0.471. The Morgan fingerprint density at radius 3 is 2.62 bits per heavy atom. The molecule has 2 amide bonds. The number of nitrogens with zero attached hydrogens (tertiary/aromatic N) is 4. The lowest BCUT2D eigenvalue weighted by Gasteiger charge is -2.35. The number of urea groups is 1. The Balaban J connectivity index is 1.61. The lowest BCUT2D eigenvalue weighted by Crippen LogP contribution is -2.51. The largest absolute Gasteiger partial charge is 0.372 e. The van der Waals surface area contributed by atoms with Crippen LogP contribution in [0.25, 0.3) is 0 Å². The molecule has 0 unspecified atom stereocenters. The number of carbonyl (C=O) groups is 1. The average molecular weight is 329 g/mol. The third kappa shape index (κ3) is 4.11. The lowest BCUT2D eigenvalue weighted by molar-refractivity contribution is -0.0545. The zero-order valence-corrected chi connectivity index (χ0v) is 14.1. The maximum Gasteiger partial charge on any atom is 0.317 e. The summed E-state index contributed by atoms with van der Waals surface area (Å²) in [6.45, 7) is 6.35. The van der Waals surface area contributed by atoms with E-state index in [9.17, 15) is 4.79 Å². The van der Waals surface area contributed by atoms with Gasteiger partial charge in [0.25, 0.3) is 0 Å². The third-order valence-electron chi connectivity index (χ3n) is 4.05. The first-order valence-electron chi connectivity index (χ1n) is 8.19. The summed E-state index contributed by atoms with van der Waals surface area (Å²) in [5.74, 6) is 0. The SMILES string of the molecule is C[C@@H]1CN(C(=O)NCc2ccccc2Cn2cncn2)C[C@@H](C)O1. The number of benzene rings is 1. The van der Waals surface area contributed by atoms with Gasteiger partial charge in [0, 0.05) is 19.6 Å². The van der Waals surface area contributed by atoms with Gasteiger partial charge in [0.1, 0.15) is 12.7 Å². The smallest absolute Gasteiger partial charge is 0.317 e. The van der Waals surface area contributed by atoms with E-state index in [-0.39, 0.29) is 18.2 Å². The molecule has 0 radical (unpaired) electrons. The maximum atomic E-state index is 12.4. The van der Waals surface area contributed by atoms with Crippen molar-refractivity contribution < 1.29 is 9.53 Å².